The first-order valence-corrected chi connectivity index (χ1v) is 6.46. The number of rotatable bonds is 8. The second-order valence-electron chi connectivity index (χ2n) is 5.84. The Morgan fingerprint density at radius 1 is 1.35 bits per heavy atom. The van der Waals surface area contributed by atoms with Gasteiger partial charge in [0.25, 0.3) is 0 Å². The number of nitrogens with two attached hydrogens (primary N) is 2. The van der Waals surface area contributed by atoms with E-state index in [2.05, 4.69) is 32.7 Å². The number of hydrogen-bond donors (Lipinski definition) is 2. The number of amides is 1. The molecule has 0 saturated heterocycles. The largest absolute Gasteiger partial charge is 0.368 e. The number of nitrogens with zero attached hydrogens (tertiary/aromatic N) is 1. The van der Waals surface area contributed by atoms with Crippen LogP contribution < -0.4 is 11.5 Å². The predicted molar refractivity (Wildman–Crippen MR) is 72.6 cm³/mol. The summed E-state index contributed by atoms with van der Waals surface area (Å²) in [4.78, 5) is 13.4. The third kappa shape index (κ3) is 6.64. The van der Waals surface area contributed by atoms with E-state index in [1.165, 1.54) is 6.42 Å². The minimum atomic E-state index is -0.873. The molecule has 0 rings (SSSR count). The lowest BCUT2D eigenvalue weighted by atomic mass is 9.96. The molecule has 0 radical (unpaired) electrons. The van der Waals surface area contributed by atoms with Gasteiger partial charge in [0, 0.05) is 6.04 Å². The molecule has 4 heteroatoms. The van der Waals surface area contributed by atoms with Gasteiger partial charge in [0.05, 0.1) is 5.54 Å². The van der Waals surface area contributed by atoms with E-state index in [1.54, 1.807) is 6.92 Å². The summed E-state index contributed by atoms with van der Waals surface area (Å²) in [5.41, 5.74) is 10.2. The van der Waals surface area contributed by atoms with Crippen molar-refractivity contribution in [3.8, 4) is 0 Å². The normalized spacial score (nSPS) is 17.2. The van der Waals surface area contributed by atoms with Crippen LogP contribution in [0.1, 0.15) is 47.0 Å². The molecule has 102 valence electrons. The summed E-state index contributed by atoms with van der Waals surface area (Å²) in [6.07, 6.45) is 2.72. The van der Waals surface area contributed by atoms with Crippen LogP contribution in [-0.2, 0) is 4.79 Å². The van der Waals surface area contributed by atoms with Crippen LogP contribution in [0.5, 0.6) is 0 Å². The summed E-state index contributed by atoms with van der Waals surface area (Å²) in [6, 6.07) is 0.563. The van der Waals surface area contributed by atoms with E-state index < -0.39 is 11.4 Å². The molecule has 4 nitrogen and oxygen atoms in total. The van der Waals surface area contributed by atoms with E-state index in [1.807, 2.05) is 0 Å². The molecule has 0 saturated carbocycles. The van der Waals surface area contributed by atoms with Gasteiger partial charge in [0.2, 0.25) is 5.91 Å². The minimum Gasteiger partial charge on any atom is -0.368 e. The molecule has 0 aliphatic carbocycles. The third-order valence-corrected chi connectivity index (χ3v) is 3.33. The van der Waals surface area contributed by atoms with Crippen molar-refractivity contribution in [2.45, 2.75) is 58.5 Å². The second-order valence-corrected chi connectivity index (χ2v) is 5.84. The maximum absolute atomic E-state index is 11.1. The molecule has 4 N–H and O–H groups in total. The van der Waals surface area contributed by atoms with Crippen molar-refractivity contribution in [3.63, 3.8) is 0 Å². The Hall–Kier alpha value is -0.610. The maximum atomic E-state index is 11.1. The SMILES string of the molecule is CC(C)CC(C)N(C)CCCC(C)(N)C(N)=O. The summed E-state index contributed by atoms with van der Waals surface area (Å²) in [5.74, 6) is 0.285. The molecule has 2 atom stereocenters. The lowest BCUT2D eigenvalue weighted by molar-refractivity contribution is -0.122. The highest BCUT2D eigenvalue weighted by atomic mass is 16.1. The van der Waals surface area contributed by atoms with Crippen LogP contribution in [0.2, 0.25) is 0 Å². The predicted octanol–water partition coefficient (Wildman–Crippen LogP) is 1.34. The highest BCUT2D eigenvalue weighted by Gasteiger charge is 2.25. The molecule has 0 aromatic carbocycles. The summed E-state index contributed by atoms with van der Waals surface area (Å²) in [6.45, 7) is 9.35. The van der Waals surface area contributed by atoms with Crippen LogP contribution in [0.4, 0.5) is 0 Å². The Morgan fingerprint density at radius 2 is 1.88 bits per heavy atom. The highest BCUT2D eigenvalue weighted by Crippen LogP contribution is 2.12. The monoisotopic (exact) mass is 243 g/mol. The van der Waals surface area contributed by atoms with Gasteiger partial charge in [-0.1, -0.05) is 13.8 Å². The lowest BCUT2D eigenvalue weighted by Gasteiger charge is -2.27. The summed E-state index contributed by atoms with van der Waals surface area (Å²) in [7, 11) is 2.12. The Bertz CT molecular complexity index is 239. The molecule has 2 unspecified atom stereocenters. The fraction of sp³-hybridized carbons (Fsp3) is 0.923. The van der Waals surface area contributed by atoms with Gasteiger partial charge in [0.15, 0.2) is 0 Å². The average Bonchev–Trinajstić information content (AvgIpc) is 2.15. The van der Waals surface area contributed by atoms with Gasteiger partial charge in [0.1, 0.15) is 0 Å². The van der Waals surface area contributed by atoms with Crippen molar-refractivity contribution in [3.05, 3.63) is 0 Å². The maximum Gasteiger partial charge on any atom is 0.237 e. The van der Waals surface area contributed by atoms with Crippen LogP contribution in [0.15, 0.2) is 0 Å². The van der Waals surface area contributed by atoms with Gasteiger partial charge in [-0.15, -0.1) is 0 Å². The van der Waals surface area contributed by atoms with Crippen molar-refractivity contribution in [2.75, 3.05) is 13.6 Å². The Labute approximate surface area is 106 Å². The standard InChI is InChI=1S/C13H29N3O/c1-10(2)9-11(3)16(5)8-6-7-13(4,15)12(14)17/h10-11H,6-9,15H2,1-5H3,(H2,14,17). The molecule has 0 spiro atoms. The molecule has 0 fully saturated rings. The van der Waals surface area contributed by atoms with Gasteiger partial charge < -0.3 is 16.4 Å². The molecule has 0 heterocycles. The minimum absolute atomic E-state index is 0.421. The van der Waals surface area contributed by atoms with Crippen LogP contribution in [0.3, 0.4) is 0 Å². The van der Waals surface area contributed by atoms with Gasteiger partial charge in [-0.25, -0.2) is 0 Å². The van der Waals surface area contributed by atoms with Gasteiger partial charge in [-0.2, -0.15) is 0 Å². The fourth-order valence-electron chi connectivity index (χ4n) is 1.90. The van der Waals surface area contributed by atoms with Crippen molar-refractivity contribution < 1.29 is 4.79 Å². The van der Waals surface area contributed by atoms with E-state index in [0.29, 0.717) is 18.4 Å². The molecule has 0 bridgehead atoms. The summed E-state index contributed by atoms with van der Waals surface area (Å²) >= 11 is 0. The molecule has 0 aliphatic heterocycles. The zero-order valence-corrected chi connectivity index (χ0v) is 12.0. The number of carbonyl (C=O) groups is 1. The molecular weight excluding hydrogens is 214 g/mol. The van der Waals surface area contributed by atoms with Gasteiger partial charge in [-0.3, -0.25) is 4.79 Å². The van der Waals surface area contributed by atoms with Crippen molar-refractivity contribution in [1.82, 2.24) is 4.90 Å². The first kappa shape index (κ1) is 16.4. The molecule has 17 heavy (non-hydrogen) atoms. The average molecular weight is 243 g/mol. The quantitative estimate of drug-likeness (QED) is 0.675. The Morgan fingerprint density at radius 3 is 2.29 bits per heavy atom. The highest BCUT2D eigenvalue weighted by molar-refractivity contribution is 5.83. The third-order valence-electron chi connectivity index (χ3n) is 3.33. The Balaban J connectivity index is 3.93. The van der Waals surface area contributed by atoms with Crippen LogP contribution >= 0.6 is 0 Å². The van der Waals surface area contributed by atoms with Gasteiger partial charge in [-0.05, 0) is 52.6 Å². The van der Waals surface area contributed by atoms with Crippen LogP contribution in [0, 0.1) is 5.92 Å². The van der Waals surface area contributed by atoms with E-state index in [9.17, 15) is 4.79 Å². The zero-order valence-electron chi connectivity index (χ0n) is 12.0. The number of primary amides is 1. The summed E-state index contributed by atoms with van der Waals surface area (Å²) in [5, 5.41) is 0. The molecule has 0 aromatic rings. The van der Waals surface area contributed by atoms with Crippen molar-refractivity contribution in [1.29, 1.82) is 0 Å². The molecule has 0 aromatic heterocycles. The molecular formula is C13H29N3O. The zero-order chi connectivity index (χ0) is 13.6. The van der Waals surface area contributed by atoms with E-state index >= 15 is 0 Å². The lowest BCUT2D eigenvalue weighted by Crippen LogP contribution is -2.49. The van der Waals surface area contributed by atoms with Crippen LogP contribution in [-0.4, -0.2) is 36.0 Å². The molecule has 0 aliphatic rings. The number of carbonyl (C=O) groups excluding carboxylic acids is 1. The van der Waals surface area contributed by atoms with Crippen LogP contribution in [0.25, 0.3) is 0 Å². The van der Waals surface area contributed by atoms with Gasteiger partial charge >= 0.3 is 0 Å². The summed E-state index contributed by atoms with van der Waals surface area (Å²) < 4.78 is 0. The fourth-order valence-corrected chi connectivity index (χ4v) is 1.90. The van der Waals surface area contributed by atoms with E-state index in [4.69, 9.17) is 11.5 Å². The Kier molecular flexibility index (Phi) is 6.72. The topological polar surface area (TPSA) is 72.3 Å². The van der Waals surface area contributed by atoms with Crippen molar-refractivity contribution >= 4 is 5.91 Å². The molecule has 1 amide bonds. The van der Waals surface area contributed by atoms with E-state index in [-0.39, 0.29) is 0 Å². The first-order chi connectivity index (χ1) is 7.66. The first-order valence-electron chi connectivity index (χ1n) is 6.46. The number of hydrogen-bond acceptors (Lipinski definition) is 3. The smallest absolute Gasteiger partial charge is 0.237 e. The van der Waals surface area contributed by atoms with Crippen molar-refractivity contribution in [2.24, 2.45) is 17.4 Å². The second kappa shape index (κ2) is 6.97. The van der Waals surface area contributed by atoms with E-state index in [0.717, 1.165) is 13.0 Å².